The van der Waals surface area contributed by atoms with Gasteiger partial charge in [0.1, 0.15) is 6.04 Å². The summed E-state index contributed by atoms with van der Waals surface area (Å²) in [6, 6.07) is 16.6. The minimum Gasteiger partial charge on any atom is -0.288 e. The van der Waals surface area contributed by atoms with Crippen molar-refractivity contribution in [1.29, 1.82) is 5.26 Å². The number of nitrogens with zero attached hydrogens (tertiary/aromatic N) is 2. The van der Waals surface area contributed by atoms with Gasteiger partial charge in [0.25, 0.3) is 5.91 Å². The Morgan fingerprint density at radius 2 is 1.86 bits per heavy atom. The van der Waals surface area contributed by atoms with Gasteiger partial charge in [0.2, 0.25) is 0 Å². The van der Waals surface area contributed by atoms with E-state index in [-0.39, 0.29) is 5.91 Å². The smallest absolute Gasteiger partial charge is 0.259 e. The molecule has 1 atom stereocenters. The van der Waals surface area contributed by atoms with Crippen LogP contribution in [0, 0.1) is 18.3 Å². The van der Waals surface area contributed by atoms with Crippen LogP contribution in [0.15, 0.2) is 54.6 Å². The molecule has 3 heteroatoms. The van der Waals surface area contributed by atoms with E-state index in [0.717, 1.165) is 16.8 Å². The summed E-state index contributed by atoms with van der Waals surface area (Å²) in [5.41, 5.74) is 3.41. The first-order valence-electron chi connectivity index (χ1n) is 6.78. The fraction of sp³-hybridized carbons (Fsp3) is 0.111. The van der Waals surface area contributed by atoms with Crippen molar-refractivity contribution in [3.63, 3.8) is 0 Å². The van der Waals surface area contributed by atoms with Crippen LogP contribution in [-0.4, -0.2) is 11.9 Å². The van der Waals surface area contributed by atoms with Crippen LogP contribution in [0.4, 0.5) is 5.69 Å². The Balaban J connectivity index is 2.06. The highest BCUT2D eigenvalue weighted by Crippen LogP contribution is 2.30. The third kappa shape index (κ3) is 2.32. The largest absolute Gasteiger partial charge is 0.288 e. The Kier molecular flexibility index (Phi) is 3.29. The molecule has 0 aromatic heterocycles. The van der Waals surface area contributed by atoms with Gasteiger partial charge in [-0.1, -0.05) is 42.0 Å². The Morgan fingerprint density at radius 3 is 2.57 bits per heavy atom. The number of aryl methyl sites for hydroxylation is 1. The molecule has 1 amide bonds. The van der Waals surface area contributed by atoms with E-state index in [1.165, 1.54) is 0 Å². The fourth-order valence-electron chi connectivity index (χ4n) is 2.45. The number of carbonyl (C=O) groups is 1. The van der Waals surface area contributed by atoms with Gasteiger partial charge in [-0.05, 0) is 36.8 Å². The van der Waals surface area contributed by atoms with E-state index in [1.54, 1.807) is 23.1 Å². The maximum absolute atomic E-state index is 12.8. The van der Waals surface area contributed by atoms with Gasteiger partial charge in [0.15, 0.2) is 0 Å². The molecule has 1 aliphatic heterocycles. The third-order valence-electron chi connectivity index (χ3n) is 3.58. The molecule has 1 unspecified atom stereocenters. The Morgan fingerprint density at radius 1 is 1.14 bits per heavy atom. The third-order valence-corrected chi connectivity index (χ3v) is 3.58. The zero-order valence-corrected chi connectivity index (χ0v) is 11.7. The van der Waals surface area contributed by atoms with Crippen molar-refractivity contribution in [2.75, 3.05) is 4.90 Å². The van der Waals surface area contributed by atoms with Gasteiger partial charge in [-0.3, -0.25) is 9.69 Å². The van der Waals surface area contributed by atoms with E-state index in [4.69, 9.17) is 0 Å². The van der Waals surface area contributed by atoms with Gasteiger partial charge in [-0.2, -0.15) is 5.26 Å². The van der Waals surface area contributed by atoms with Gasteiger partial charge in [0, 0.05) is 5.56 Å². The molecule has 0 spiro atoms. The highest BCUT2D eigenvalue weighted by atomic mass is 16.2. The van der Waals surface area contributed by atoms with E-state index in [1.807, 2.05) is 49.4 Å². The van der Waals surface area contributed by atoms with Gasteiger partial charge in [-0.25, -0.2) is 0 Å². The normalized spacial score (nSPS) is 16.2. The number of fused-ring (bicyclic) bond motifs is 1. The zero-order valence-electron chi connectivity index (χ0n) is 11.7. The van der Waals surface area contributed by atoms with Crippen molar-refractivity contribution in [1.82, 2.24) is 0 Å². The van der Waals surface area contributed by atoms with E-state index in [9.17, 15) is 10.1 Å². The van der Waals surface area contributed by atoms with Crippen LogP contribution >= 0.6 is 0 Å². The summed E-state index contributed by atoms with van der Waals surface area (Å²) in [7, 11) is 0. The summed E-state index contributed by atoms with van der Waals surface area (Å²) in [5, 5.41) is 9.33. The van der Waals surface area contributed by atoms with Crippen molar-refractivity contribution in [3.05, 3.63) is 71.3 Å². The van der Waals surface area contributed by atoms with E-state index in [0.29, 0.717) is 5.56 Å². The highest BCUT2D eigenvalue weighted by Gasteiger charge is 2.28. The second-order valence-corrected chi connectivity index (χ2v) is 5.03. The van der Waals surface area contributed by atoms with Crippen molar-refractivity contribution in [2.45, 2.75) is 13.0 Å². The summed E-state index contributed by atoms with van der Waals surface area (Å²) in [5.74, 6) is -0.154. The average molecular weight is 274 g/mol. The van der Waals surface area contributed by atoms with Crippen molar-refractivity contribution >= 4 is 17.7 Å². The molecule has 1 heterocycles. The molecule has 2 aromatic carbocycles. The zero-order chi connectivity index (χ0) is 14.8. The molecule has 102 valence electrons. The molecular formula is C18H14N2O. The summed E-state index contributed by atoms with van der Waals surface area (Å²) < 4.78 is 0. The van der Waals surface area contributed by atoms with E-state index >= 15 is 0 Å². The number of hydrogen-bond acceptors (Lipinski definition) is 2. The number of para-hydroxylation sites is 1. The molecule has 1 aliphatic rings. The molecule has 0 radical (unpaired) electrons. The van der Waals surface area contributed by atoms with Crippen LogP contribution in [0.1, 0.15) is 21.5 Å². The van der Waals surface area contributed by atoms with Crippen molar-refractivity contribution < 1.29 is 4.79 Å². The molecule has 0 saturated heterocycles. The van der Waals surface area contributed by atoms with Gasteiger partial charge in [-0.15, -0.1) is 0 Å². The first kappa shape index (κ1) is 13.1. The number of carbonyl (C=O) groups excluding carboxylic acids is 1. The molecule has 2 aromatic rings. The van der Waals surface area contributed by atoms with Gasteiger partial charge >= 0.3 is 0 Å². The summed E-state index contributed by atoms with van der Waals surface area (Å²) in [4.78, 5) is 14.3. The lowest BCUT2D eigenvalue weighted by molar-refractivity contribution is 0.0985. The number of anilines is 1. The predicted molar refractivity (Wildman–Crippen MR) is 82.9 cm³/mol. The molecule has 0 aliphatic carbocycles. The lowest BCUT2D eigenvalue weighted by atomic mass is 10.0. The maximum Gasteiger partial charge on any atom is 0.259 e. The van der Waals surface area contributed by atoms with Gasteiger partial charge < -0.3 is 0 Å². The lowest BCUT2D eigenvalue weighted by Crippen LogP contribution is -2.40. The van der Waals surface area contributed by atoms with E-state index in [2.05, 4.69) is 6.07 Å². The van der Waals surface area contributed by atoms with Gasteiger partial charge in [0.05, 0.1) is 11.8 Å². The quantitative estimate of drug-likeness (QED) is 0.798. The Labute approximate surface area is 123 Å². The number of benzene rings is 2. The summed E-state index contributed by atoms with van der Waals surface area (Å²) >= 11 is 0. The molecule has 0 bridgehead atoms. The second kappa shape index (κ2) is 5.26. The van der Waals surface area contributed by atoms with Crippen molar-refractivity contribution in [3.8, 4) is 6.07 Å². The van der Waals surface area contributed by atoms with Crippen LogP contribution in [0.25, 0.3) is 6.08 Å². The average Bonchev–Trinajstić information content (AvgIpc) is 2.53. The summed E-state index contributed by atoms with van der Waals surface area (Å²) in [6.45, 7) is 1.98. The number of hydrogen-bond donors (Lipinski definition) is 0. The highest BCUT2D eigenvalue weighted by molar-refractivity contribution is 6.08. The summed E-state index contributed by atoms with van der Waals surface area (Å²) in [6.07, 6.45) is 3.65. The Hall–Kier alpha value is -2.86. The molecule has 0 N–H and O–H groups in total. The predicted octanol–water partition coefficient (Wildman–Crippen LogP) is 3.56. The topological polar surface area (TPSA) is 44.1 Å². The van der Waals surface area contributed by atoms with Crippen LogP contribution in [0.5, 0.6) is 0 Å². The second-order valence-electron chi connectivity index (χ2n) is 5.03. The monoisotopic (exact) mass is 274 g/mol. The van der Waals surface area contributed by atoms with Crippen LogP contribution in [-0.2, 0) is 0 Å². The van der Waals surface area contributed by atoms with Crippen LogP contribution in [0.2, 0.25) is 0 Å². The lowest BCUT2D eigenvalue weighted by Gasteiger charge is -2.30. The van der Waals surface area contributed by atoms with Crippen molar-refractivity contribution in [2.24, 2.45) is 0 Å². The fourth-order valence-corrected chi connectivity index (χ4v) is 2.45. The molecular weight excluding hydrogens is 260 g/mol. The SMILES string of the molecule is Cc1ccc(C(=O)N2c3ccccc3C=CC2C#N)cc1. The molecule has 3 rings (SSSR count). The molecule has 0 fully saturated rings. The van der Waals surface area contributed by atoms with Crippen LogP contribution < -0.4 is 4.90 Å². The van der Waals surface area contributed by atoms with E-state index < -0.39 is 6.04 Å². The standard InChI is InChI=1S/C18H14N2O/c1-13-6-8-15(9-7-13)18(21)20-16(12-19)11-10-14-4-2-3-5-17(14)20/h2-11,16H,1H3. The first-order chi connectivity index (χ1) is 10.2. The Bertz CT molecular complexity index is 754. The molecule has 3 nitrogen and oxygen atoms in total. The molecule has 21 heavy (non-hydrogen) atoms. The number of rotatable bonds is 1. The number of nitriles is 1. The maximum atomic E-state index is 12.8. The minimum atomic E-state index is -0.575. The number of amides is 1. The molecule has 0 saturated carbocycles. The first-order valence-corrected chi connectivity index (χ1v) is 6.78. The minimum absolute atomic E-state index is 0.154. The van der Waals surface area contributed by atoms with Crippen LogP contribution in [0.3, 0.4) is 0 Å².